The van der Waals surface area contributed by atoms with Gasteiger partial charge >= 0.3 is 24.5 Å². The van der Waals surface area contributed by atoms with Crippen LogP contribution in [0, 0.1) is 13.8 Å². The highest BCUT2D eigenvalue weighted by atomic mass is 32.2. The average molecular weight is 915 g/mol. The Bertz CT molecular complexity index is 2610. The van der Waals surface area contributed by atoms with Crippen LogP contribution in [-0.2, 0) is 25.5 Å². The minimum Gasteiger partial charge on any atom is -0.457 e. The van der Waals surface area contributed by atoms with Gasteiger partial charge in [-0.15, -0.1) is 0 Å². The number of carbonyl (C=O) groups is 2. The van der Waals surface area contributed by atoms with Gasteiger partial charge in [0.05, 0.1) is 9.79 Å². The molecule has 6 rings (SSSR count). The van der Waals surface area contributed by atoms with Gasteiger partial charge < -0.3 is 18.9 Å². The second-order valence-corrected chi connectivity index (χ2v) is 16.9. The van der Waals surface area contributed by atoms with Gasteiger partial charge in [0.15, 0.2) is 0 Å². The summed E-state index contributed by atoms with van der Waals surface area (Å²) in [5.74, 6) is -0.473. The fourth-order valence-electron chi connectivity index (χ4n) is 5.98. The SMILES string of the molecule is Cc1ccc(S(=O)(=O)NC(=O)Oc2ccc(Oc3ccc(C(c4ccc(Oc5ccc(OC(=O)NS(=O)(=O)c6ccc(C)cc6)cc5)cc4)(C(F)(F)F)C(F)(F)F)cc3)cc2)cc1. The number of nitrogens with one attached hydrogen (secondary N) is 2. The van der Waals surface area contributed by atoms with E-state index < -0.39 is 61.1 Å². The summed E-state index contributed by atoms with van der Waals surface area (Å²) in [7, 11) is -8.49. The fraction of sp³-hybridized carbons (Fsp3) is 0.116. The molecule has 20 heteroatoms. The molecule has 0 unspecified atom stereocenters. The van der Waals surface area contributed by atoms with Crippen molar-refractivity contribution in [2.45, 2.75) is 41.4 Å². The lowest BCUT2D eigenvalue weighted by molar-refractivity contribution is -0.288. The average Bonchev–Trinajstić information content (AvgIpc) is 3.20. The number of sulfonamides is 2. The van der Waals surface area contributed by atoms with E-state index in [0.717, 1.165) is 35.4 Å². The predicted octanol–water partition coefficient (Wildman–Crippen LogP) is 10.3. The Morgan fingerprint density at radius 3 is 0.937 bits per heavy atom. The van der Waals surface area contributed by atoms with Gasteiger partial charge in [0.1, 0.15) is 34.5 Å². The molecule has 6 aromatic carbocycles. The number of halogens is 6. The van der Waals surface area contributed by atoms with Crippen molar-refractivity contribution in [3.05, 3.63) is 168 Å². The monoisotopic (exact) mass is 914 g/mol. The molecule has 0 aliphatic heterocycles. The van der Waals surface area contributed by atoms with Gasteiger partial charge in [-0.05, 0) is 122 Å². The molecule has 6 aromatic rings. The van der Waals surface area contributed by atoms with E-state index in [4.69, 9.17) is 18.9 Å². The lowest BCUT2D eigenvalue weighted by Gasteiger charge is -2.38. The van der Waals surface area contributed by atoms with Crippen molar-refractivity contribution in [1.29, 1.82) is 0 Å². The molecule has 63 heavy (non-hydrogen) atoms. The van der Waals surface area contributed by atoms with Gasteiger partial charge in [-0.2, -0.15) is 26.3 Å². The minimum atomic E-state index is -5.90. The first-order chi connectivity index (χ1) is 29.6. The standard InChI is InChI=1S/C43H32F6N2O10S2/c1-27-3-23-37(24-4-27)62(54,55)50-39(52)60-35-19-15-33(16-20-35)58-31-11-7-29(8-12-31)41(42(44,45)46,43(47,48)49)30-9-13-32(14-10-30)59-34-17-21-36(22-18-34)61-40(53)51-63(56,57)38-25-5-28(2)6-26-38/h3-26H,1-2H3,(H,50,52)(H,51,53). The molecule has 0 aromatic heterocycles. The quantitative estimate of drug-likeness (QED) is 0.113. The lowest BCUT2D eigenvalue weighted by Crippen LogP contribution is -2.54. The zero-order valence-electron chi connectivity index (χ0n) is 32.5. The van der Waals surface area contributed by atoms with Crippen molar-refractivity contribution in [1.82, 2.24) is 9.44 Å². The van der Waals surface area contributed by atoms with Gasteiger partial charge in [0, 0.05) is 0 Å². The summed E-state index contributed by atoms with van der Waals surface area (Å²) < 4.78 is 164. The molecule has 0 fully saturated rings. The highest BCUT2D eigenvalue weighted by Crippen LogP contribution is 2.56. The first-order valence-electron chi connectivity index (χ1n) is 18.1. The third-order valence-corrected chi connectivity index (χ3v) is 11.7. The van der Waals surface area contributed by atoms with Crippen molar-refractivity contribution < 1.29 is 71.7 Å². The summed E-state index contributed by atoms with van der Waals surface area (Å²) >= 11 is 0. The first-order valence-corrected chi connectivity index (χ1v) is 21.1. The Balaban J connectivity index is 1.11. The molecular formula is C43H32F6N2O10S2. The number of rotatable bonds is 12. The van der Waals surface area contributed by atoms with Crippen LogP contribution in [0.5, 0.6) is 34.5 Å². The molecule has 0 radical (unpaired) electrons. The van der Waals surface area contributed by atoms with Crippen molar-refractivity contribution in [3.63, 3.8) is 0 Å². The van der Waals surface area contributed by atoms with E-state index in [1.165, 1.54) is 97.1 Å². The summed E-state index contributed by atoms with van der Waals surface area (Å²) in [4.78, 5) is 24.2. The number of benzene rings is 6. The van der Waals surface area contributed by atoms with E-state index in [0.29, 0.717) is 24.3 Å². The van der Waals surface area contributed by atoms with E-state index in [1.54, 1.807) is 23.3 Å². The van der Waals surface area contributed by atoms with Crippen LogP contribution in [0.2, 0.25) is 0 Å². The van der Waals surface area contributed by atoms with Gasteiger partial charge in [0.25, 0.3) is 20.0 Å². The second kappa shape index (κ2) is 17.7. The third kappa shape index (κ3) is 10.5. The molecule has 0 saturated heterocycles. The van der Waals surface area contributed by atoms with Crippen LogP contribution in [0.15, 0.2) is 155 Å². The molecule has 0 aliphatic carbocycles. The molecule has 328 valence electrons. The number of ether oxygens (including phenoxy) is 4. The summed E-state index contributed by atoms with van der Waals surface area (Å²) in [6.07, 6.45) is -14.4. The van der Waals surface area contributed by atoms with Crippen LogP contribution in [-0.4, -0.2) is 41.4 Å². The number of carbonyl (C=O) groups excluding carboxylic acids is 2. The van der Waals surface area contributed by atoms with E-state index in [2.05, 4.69) is 0 Å². The normalized spacial score (nSPS) is 12.2. The molecule has 2 N–H and O–H groups in total. The zero-order valence-corrected chi connectivity index (χ0v) is 34.2. The first kappa shape index (κ1) is 45.5. The van der Waals surface area contributed by atoms with Crippen molar-refractivity contribution in [2.75, 3.05) is 0 Å². The molecule has 0 bridgehead atoms. The van der Waals surface area contributed by atoms with E-state index >= 15 is 0 Å². The lowest BCUT2D eigenvalue weighted by atomic mass is 9.73. The number of amides is 2. The second-order valence-electron chi connectivity index (χ2n) is 13.6. The minimum absolute atomic E-state index is 0.0354. The third-order valence-electron chi connectivity index (χ3n) is 9.06. The van der Waals surface area contributed by atoms with Crippen LogP contribution >= 0.6 is 0 Å². The molecule has 0 spiro atoms. The van der Waals surface area contributed by atoms with Crippen molar-refractivity contribution >= 4 is 32.2 Å². The molecule has 0 aliphatic rings. The molecule has 0 heterocycles. The van der Waals surface area contributed by atoms with Gasteiger partial charge in [-0.25, -0.2) is 35.9 Å². The number of hydrogen-bond acceptors (Lipinski definition) is 10. The smallest absolute Gasteiger partial charge is 0.426 e. The van der Waals surface area contributed by atoms with E-state index in [1.807, 2.05) is 0 Å². The molecule has 0 saturated carbocycles. The summed E-state index contributed by atoms with van der Waals surface area (Å²) in [5, 5.41) is 0. The molecular weight excluding hydrogens is 883 g/mol. The Morgan fingerprint density at radius 2 is 0.667 bits per heavy atom. The predicted molar refractivity (Wildman–Crippen MR) is 214 cm³/mol. The molecule has 0 atom stereocenters. The van der Waals surface area contributed by atoms with Crippen molar-refractivity contribution in [3.8, 4) is 34.5 Å². The summed E-state index contributed by atoms with van der Waals surface area (Å²) in [6.45, 7) is 3.49. The van der Waals surface area contributed by atoms with Crippen LogP contribution in [0.3, 0.4) is 0 Å². The largest absolute Gasteiger partial charge is 0.457 e. The Hall–Kier alpha value is -7.06. The van der Waals surface area contributed by atoms with Gasteiger partial charge in [-0.3, -0.25) is 0 Å². The topological polar surface area (TPSA) is 163 Å². The Labute approximate surface area is 356 Å². The summed E-state index contributed by atoms with van der Waals surface area (Å²) in [5.41, 5.74) is -5.27. The molecule has 2 amide bonds. The Morgan fingerprint density at radius 1 is 0.413 bits per heavy atom. The molecule has 12 nitrogen and oxygen atoms in total. The van der Waals surface area contributed by atoms with Crippen molar-refractivity contribution in [2.24, 2.45) is 0 Å². The number of aryl methyl sites for hydroxylation is 2. The van der Waals surface area contributed by atoms with E-state index in [9.17, 15) is 52.8 Å². The van der Waals surface area contributed by atoms with Crippen LogP contribution in [0.25, 0.3) is 0 Å². The highest BCUT2D eigenvalue weighted by molar-refractivity contribution is 7.90. The van der Waals surface area contributed by atoms with Crippen LogP contribution in [0.4, 0.5) is 35.9 Å². The zero-order chi connectivity index (χ0) is 45.8. The van der Waals surface area contributed by atoms with Crippen LogP contribution < -0.4 is 28.4 Å². The maximum Gasteiger partial charge on any atom is 0.426 e. The fourth-order valence-corrected chi connectivity index (χ4v) is 7.73. The maximum absolute atomic E-state index is 14.8. The number of hydrogen-bond donors (Lipinski definition) is 2. The van der Waals surface area contributed by atoms with Gasteiger partial charge in [0.2, 0.25) is 5.41 Å². The number of alkyl halides is 6. The summed E-state index contributed by atoms with van der Waals surface area (Å²) in [6, 6.07) is 27.3. The highest BCUT2D eigenvalue weighted by Gasteiger charge is 2.72. The van der Waals surface area contributed by atoms with Crippen LogP contribution in [0.1, 0.15) is 22.3 Å². The maximum atomic E-state index is 14.8. The Kier molecular flexibility index (Phi) is 12.8. The van der Waals surface area contributed by atoms with E-state index in [-0.39, 0.29) is 44.3 Å². The van der Waals surface area contributed by atoms with Gasteiger partial charge in [-0.1, -0.05) is 59.7 Å².